The lowest BCUT2D eigenvalue weighted by Crippen LogP contribution is -2.31. The third kappa shape index (κ3) is 2.06. The molecule has 1 aliphatic rings. The third-order valence-corrected chi connectivity index (χ3v) is 2.81. The van der Waals surface area contributed by atoms with Gasteiger partial charge in [0.05, 0.1) is 6.10 Å². The topological polar surface area (TPSA) is 50.9 Å². The van der Waals surface area contributed by atoms with E-state index in [-0.39, 0.29) is 6.10 Å². The maximum Gasteiger partial charge on any atom is 0.137 e. The first-order valence-electron chi connectivity index (χ1n) is 4.87. The molecule has 1 aromatic heterocycles. The highest BCUT2D eigenvalue weighted by molar-refractivity contribution is 4.79. The minimum absolute atomic E-state index is 0.0317. The molecule has 4 nitrogen and oxygen atoms in total. The smallest absolute Gasteiger partial charge is 0.137 e. The molecule has 2 atom stereocenters. The van der Waals surface area contributed by atoms with Gasteiger partial charge in [0.15, 0.2) is 0 Å². The highest BCUT2D eigenvalue weighted by Gasteiger charge is 2.27. The summed E-state index contributed by atoms with van der Waals surface area (Å²) in [5.41, 5.74) is 0. The van der Waals surface area contributed by atoms with Crippen LogP contribution < -0.4 is 0 Å². The van der Waals surface area contributed by atoms with E-state index in [9.17, 15) is 5.11 Å². The van der Waals surface area contributed by atoms with E-state index in [1.807, 2.05) is 4.68 Å². The average Bonchev–Trinajstić information content (AvgIpc) is 2.62. The quantitative estimate of drug-likeness (QED) is 0.748. The van der Waals surface area contributed by atoms with E-state index < -0.39 is 0 Å². The van der Waals surface area contributed by atoms with Gasteiger partial charge >= 0.3 is 0 Å². The Hall–Kier alpha value is -0.900. The fourth-order valence-electron chi connectivity index (χ4n) is 1.75. The van der Waals surface area contributed by atoms with Crippen LogP contribution in [0.15, 0.2) is 12.7 Å². The Morgan fingerprint density at radius 1 is 1.46 bits per heavy atom. The van der Waals surface area contributed by atoms with Gasteiger partial charge in [-0.05, 0) is 31.6 Å². The Balaban J connectivity index is 1.64. The molecule has 0 amide bonds. The molecule has 0 aliphatic heterocycles. The molecule has 2 rings (SSSR count). The van der Waals surface area contributed by atoms with Gasteiger partial charge in [0, 0.05) is 6.54 Å². The Morgan fingerprint density at radius 3 is 2.92 bits per heavy atom. The van der Waals surface area contributed by atoms with Crippen LogP contribution in [0.5, 0.6) is 0 Å². The second kappa shape index (κ2) is 3.87. The maximum absolute atomic E-state index is 9.33. The highest BCUT2D eigenvalue weighted by atomic mass is 16.3. The number of aliphatic hydroxyl groups is 1. The molecule has 4 heteroatoms. The lowest BCUT2D eigenvalue weighted by molar-refractivity contribution is 0.0178. The number of hydrogen-bond acceptors (Lipinski definition) is 3. The van der Waals surface area contributed by atoms with E-state index in [0.717, 1.165) is 25.8 Å². The molecule has 0 aromatic carbocycles. The zero-order chi connectivity index (χ0) is 9.10. The number of aryl methyl sites for hydroxylation is 1. The molecular formula is C9H15N3O. The van der Waals surface area contributed by atoms with Crippen molar-refractivity contribution in [2.75, 3.05) is 0 Å². The summed E-state index contributed by atoms with van der Waals surface area (Å²) >= 11 is 0. The van der Waals surface area contributed by atoms with Crippen LogP contribution in [0.25, 0.3) is 0 Å². The van der Waals surface area contributed by atoms with Crippen LogP contribution in [0.4, 0.5) is 0 Å². The minimum atomic E-state index is -0.0317. The fraction of sp³-hybridized carbons (Fsp3) is 0.778. The molecule has 1 aliphatic carbocycles. The van der Waals surface area contributed by atoms with Crippen molar-refractivity contribution < 1.29 is 5.11 Å². The van der Waals surface area contributed by atoms with E-state index >= 15 is 0 Å². The van der Waals surface area contributed by atoms with Gasteiger partial charge in [-0.25, -0.2) is 4.98 Å². The summed E-state index contributed by atoms with van der Waals surface area (Å²) in [7, 11) is 0. The third-order valence-electron chi connectivity index (χ3n) is 2.81. The highest BCUT2D eigenvalue weighted by Crippen LogP contribution is 2.31. The van der Waals surface area contributed by atoms with Gasteiger partial charge in [-0.2, -0.15) is 5.10 Å². The predicted molar refractivity (Wildman–Crippen MR) is 48.0 cm³/mol. The SMILES string of the molecule is OC1CCC1CCCn1cncn1. The summed E-state index contributed by atoms with van der Waals surface area (Å²) in [5, 5.41) is 13.3. The number of hydrogen-bond donors (Lipinski definition) is 1. The zero-order valence-electron chi connectivity index (χ0n) is 7.63. The van der Waals surface area contributed by atoms with Gasteiger partial charge in [-0.15, -0.1) is 0 Å². The molecule has 1 aromatic rings. The molecule has 0 saturated heterocycles. The van der Waals surface area contributed by atoms with E-state index in [1.165, 1.54) is 6.42 Å². The molecule has 0 bridgehead atoms. The second-order valence-electron chi connectivity index (χ2n) is 3.71. The number of rotatable bonds is 4. The molecule has 0 spiro atoms. The zero-order valence-corrected chi connectivity index (χ0v) is 7.63. The van der Waals surface area contributed by atoms with Crippen molar-refractivity contribution in [1.29, 1.82) is 0 Å². The Morgan fingerprint density at radius 2 is 2.38 bits per heavy atom. The fourth-order valence-corrected chi connectivity index (χ4v) is 1.75. The Labute approximate surface area is 77.6 Å². The van der Waals surface area contributed by atoms with Crippen molar-refractivity contribution in [1.82, 2.24) is 14.8 Å². The normalized spacial score (nSPS) is 27.2. The number of aliphatic hydroxyl groups excluding tert-OH is 1. The molecule has 1 fully saturated rings. The van der Waals surface area contributed by atoms with Crippen molar-refractivity contribution >= 4 is 0 Å². The van der Waals surface area contributed by atoms with E-state index in [2.05, 4.69) is 10.1 Å². The van der Waals surface area contributed by atoms with Crippen molar-refractivity contribution in [2.24, 2.45) is 5.92 Å². The molecule has 1 N–H and O–H groups in total. The van der Waals surface area contributed by atoms with Crippen molar-refractivity contribution in [3.63, 3.8) is 0 Å². The first kappa shape index (κ1) is 8.69. The van der Waals surface area contributed by atoms with Crippen LogP contribution in [0.3, 0.4) is 0 Å². The maximum atomic E-state index is 9.33. The summed E-state index contributed by atoms with van der Waals surface area (Å²) in [4.78, 5) is 3.87. The van der Waals surface area contributed by atoms with Gasteiger partial charge in [-0.1, -0.05) is 0 Å². The molecular weight excluding hydrogens is 166 g/mol. The molecule has 72 valence electrons. The van der Waals surface area contributed by atoms with E-state index in [4.69, 9.17) is 0 Å². The number of nitrogens with zero attached hydrogens (tertiary/aromatic N) is 3. The standard InChI is InChI=1S/C9H15N3O/c13-9-4-3-8(9)2-1-5-12-7-10-6-11-12/h6-9,13H,1-5H2. The minimum Gasteiger partial charge on any atom is -0.393 e. The monoisotopic (exact) mass is 181 g/mol. The van der Waals surface area contributed by atoms with Crippen LogP contribution in [0.2, 0.25) is 0 Å². The van der Waals surface area contributed by atoms with Crippen LogP contribution in [0.1, 0.15) is 25.7 Å². The molecule has 13 heavy (non-hydrogen) atoms. The molecule has 2 unspecified atom stereocenters. The Kier molecular flexibility index (Phi) is 2.59. The van der Waals surface area contributed by atoms with Crippen LogP contribution in [-0.4, -0.2) is 26.0 Å². The van der Waals surface area contributed by atoms with Crippen molar-refractivity contribution in [3.05, 3.63) is 12.7 Å². The van der Waals surface area contributed by atoms with Crippen LogP contribution in [-0.2, 0) is 6.54 Å². The molecule has 1 heterocycles. The van der Waals surface area contributed by atoms with Crippen LogP contribution >= 0.6 is 0 Å². The summed E-state index contributed by atoms with van der Waals surface area (Å²) in [6.07, 6.45) is 7.64. The first-order chi connectivity index (χ1) is 6.36. The largest absolute Gasteiger partial charge is 0.393 e. The number of aromatic nitrogens is 3. The van der Waals surface area contributed by atoms with Crippen LogP contribution in [0, 0.1) is 5.92 Å². The van der Waals surface area contributed by atoms with Gasteiger partial charge in [0.2, 0.25) is 0 Å². The summed E-state index contributed by atoms with van der Waals surface area (Å²) in [6, 6.07) is 0. The molecule has 1 saturated carbocycles. The lowest BCUT2D eigenvalue weighted by Gasteiger charge is -2.32. The van der Waals surface area contributed by atoms with Crippen molar-refractivity contribution in [2.45, 2.75) is 38.3 Å². The van der Waals surface area contributed by atoms with Crippen molar-refractivity contribution in [3.8, 4) is 0 Å². The predicted octanol–water partition coefficient (Wildman–Crippen LogP) is 0.829. The van der Waals surface area contributed by atoms with E-state index in [1.54, 1.807) is 12.7 Å². The van der Waals surface area contributed by atoms with Gasteiger partial charge in [0.25, 0.3) is 0 Å². The molecule has 0 radical (unpaired) electrons. The summed E-state index contributed by atoms with van der Waals surface area (Å²) in [6.45, 7) is 0.920. The van der Waals surface area contributed by atoms with Gasteiger partial charge in [0.1, 0.15) is 12.7 Å². The van der Waals surface area contributed by atoms with Gasteiger partial charge in [-0.3, -0.25) is 4.68 Å². The average molecular weight is 181 g/mol. The first-order valence-corrected chi connectivity index (χ1v) is 4.87. The lowest BCUT2D eigenvalue weighted by atomic mass is 9.79. The second-order valence-corrected chi connectivity index (χ2v) is 3.71. The van der Waals surface area contributed by atoms with E-state index in [0.29, 0.717) is 5.92 Å². The summed E-state index contributed by atoms with van der Waals surface area (Å²) in [5.74, 6) is 0.545. The van der Waals surface area contributed by atoms with Gasteiger partial charge < -0.3 is 5.11 Å². The Bertz CT molecular complexity index is 247. The summed E-state index contributed by atoms with van der Waals surface area (Å²) < 4.78 is 1.84.